The Bertz CT molecular complexity index is 1020. The van der Waals surface area contributed by atoms with Crippen molar-refractivity contribution in [3.8, 4) is 0 Å². The van der Waals surface area contributed by atoms with Gasteiger partial charge in [-0.05, 0) is 31.5 Å². The zero-order valence-electron chi connectivity index (χ0n) is 17.3. The summed E-state index contributed by atoms with van der Waals surface area (Å²) in [5, 5.41) is 2.77. The highest BCUT2D eigenvalue weighted by Crippen LogP contribution is 2.50. The number of likely N-dealkylation sites (tertiary alicyclic amines) is 1. The van der Waals surface area contributed by atoms with Crippen molar-refractivity contribution in [3.63, 3.8) is 0 Å². The molecule has 0 bridgehead atoms. The van der Waals surface area contributed by atoms with Crippen LogP contribution in [0, 0.1) is 11.8 Å². The molecule has 2 aromatic rings. The van der Waals surface area contributed by atoms with E-state index < -0.39 is 47.7 Å². The minimum absolute atomic E-state index is 0.204. The maximum Gasteiger partial charge on any atom is 0.318 e. The molecule has 0 saturated carbocycles. The number of primary amides is 1. The highest BCUT2D eigenvalue weighted by molar-refractivity contribution is 6.24. The molecule has 2 aliphatic rings. The third kappa shape index (κ3) is 3.34. The molecule has 4 atom stereocenters. The van der Waals surface area contributed by atoms with Crippen LogP contribution in [0.3, 0.4) is 0 Å². The number of anilines is 1. The van der Waals surface area contributed by atoms with Gasteiger partial charge >= 0.3 is 6.03 Å². The van der Waals surface area contributed by atoms with Gasteiger partial charge in [-0.1, -0.05) is 48.5 Å². The molecule has 8 nitrogen and oxygen atoms in total. The van der Waals surface area contributed by atoms with Gasteiger partial charge in [0.1, 0.15) is 6.04 Å². The van der Waals surface area contributed by atoms with Crippen LogP contribution in [-0.2, 0) is 14.4 Å². The summed E-state index contributed by atoms with van der Waals surface area (Å²) in [6.45, 7) is 3.58. The highest BCUT2D eigenvalue weighted by Gasteiger charge is 2.65. The minimum Gasteiger partial charge on any atom is -0.368 e. The molecule has 2 aromatic carbocycles. The smallest absolute Gasteiger partial charge is 0.318 e. The molecule has 2 saturated heterocycles. The van der Waals surface area contributed by atoms with Gasteiger partial charge in [0, 0.05) is 6.04 Å². The third-order valence-corrected chi connectivity index (χ3v) is 5.77. The summed E-state index contributed by atoms with van der Waals surface area (Å²) in [5.41, 5.74) is 6.80. The van der Waals surface area contributed by atoms with E-state index in [0.29, 0.717) is 11.3 Å². The lowest BCUT2D eigenvalue weighted by Crippen LogP contribution is -2.54. The van der Waals surface area contributed by atoms with E-state index in [2.05, 4.69) is 5.32 Å². The van der Waals surface area contributed by atoms with Crippen molar-refractivity contribution < 1.29 is 19.2 Å². The summed E-state index contributed by atoms with van der Waals surface area (Å²) in [4.78, 5) is 55.0. The average Bonchev–Trinajstić information content (AvgIpc) is 3.22. The van der Waals surface area contributed by atoms with Gasteiger partial charge in [0.15, 0.2) is 0 Å². The predicted octanol–water partition coefficient (Wildman–Crippen LogP) is 1.82. The standard InChI is InChI=1S/C23H24N4O4/c1-13(2)25-23(31)27-18(14-9-5-3-6-10-14)16-17(19(27)20(24)28)22(30)26(21(16)29)15-11-7-4-8-12-15/h3-13,16-19H,1-2H3,(H2,24,28)(H,25,31). The second-order valence-corrected chi connectivity index (χ2v) is 8.11. The average molecular weight is 420 g/mol. The normalized spacial score (nSPS) is 25.1. The fourth-order valence-electron chi connectivity index (χ4n) is 4.63. The fourth-order valence-corrected chi connectivity index (χ4v) is 4.63. The van der Waals surface area contributed by atoms with Crippen LogP contribution < -0.4 is 16.0 Å². The Hall–Kier alpha value is -3.68. The number of imide groups is 1. The lowest BCUT2D eigenvalue weighted by Gasteiger charge is -2.33. The van der Waals surface area contributed by atoms with Crippen molar-refractivity contribution >= 4 is 29.4 Å². The number of fused-ring (bicyclic) bond motifs is 1. The van der Waals surface area contributed by atoms with E-state index in [-0.39, 0.29) is 6.04 Å². The molecule has 3 N–H and O–H groups in total. The number of hydrogen-bond acceptors (Lipinski definition) is 4. The molecule has 0 aliphatic carbocycles. The number of carbonyl (C=O) groups is 4. The number of benzene rings is 2. The van der Waals surface area contributed by atoms with Crippen molar-refractivity contribution in [2.45, 2.75) is 32.0 Å². The number of nitrogens with one attached hydrogen (secondary N) is 1. The third-order valence-electron chi connectivity index (χ3n) is 5.77. The van der Waals surface area contributed by atoms with Crippen molar-refractivity contribution in [1.29, 1.82) is 0 Å². The Morgan fingerprint density at radius 3 is 2.00 bits per heavy atom. The van der Waals surface area contributed by atoms with Gasteiger partial charge in [-0.2, -0.15) is 0 Å². The summed E-state index contributed by atoms with van der Waals surface area (Å²) in [7, 11) is 0. The first-order valence-electron chi connectivity index (χ1n) is 10.2. The quantitative estimate of drug-likeness (QED) is 0.735. The fraction of sp³-hybridized carbons (Fsp3) is 0.304. The molecule has 160 valence electrons. The molecule has 0 radical (unpaired) electrons. The molecule has 2 aliphatic heterocycles. The van der Waals surface area contributed by atoms with Crippen molar-refractivity contribution in [1.82, 2.24) is 10.2 Å². The van der Waals surface area contributed by atoms with Gasteiger partial charge in [-0.15, -0.1) is 0 Å². The number of rotatable bonds is 4. The Balaban J connectivity index is 1.85. The van der Waals surface area contributed by atoms with Gasteiger partial charge in [0.2, 0.25) is 17.7 Å². The maximum absolute atomic E-state index is 13.5. The molecule has 4 rings (SSSR count). The van der Waals surface area contributed by atoms with Crippen LogP contribution in [-0.4, -0.2) is 40.7 Å². The topological polar surface area (TPSA) is 113 Å². The predicted molar refractivity (Wildman–Crippen MR) is 114 cm³/mol. The van der Waals surface area contributed by atoms with E-state index in [1.54, 1.807) is 68.4 Å². The zero-order valence-corrected chi connectivity index (χ0v) is 17.3. The first-order chi connectivity index (χ1) is 14.8. The summed E-state index contributed by atoms with van der Waals surface area (Å²) in [6.07, 6.45) is 0. The summed E-state index contributed by atoms with van der Waals surface area (Å²) >= 11 is 0. The maximum atomic E-state index is 13.5. The molecular weight excluding hydrogens is 396 g/mol. The Morgan fingerprint density at radius 1 is 0.903 bits per heavy atom. The molecular formula is C23H24N4O4. The van der Waals surface area contributed by atoms with Gasteiger partial charge in [0.25, 0.3) is 0 Å². The summed E-state index contributed by atoms with van der Waals surface area (Å²) in [6, 6.07) is 14.8. The molecule has 2 heterocycles. The van der Waals surface area contributed by atoms with Crippen molar-refractivity contribution in [2.24, 2.45) is 17.6 Å². The number of urea groups is 1. The van der Waals surface area contributed by atoms with Gasteiger partial charge in [-0.25, -0.2) is 9.69 Å². The number of para-hydroxylation sites is 1. The van der Waals surface area contributed by atoms with Crippen LogP contribution in [0.15, 0.2) is 60.7 Å². The number of nitrogens with two attached hydrogens (primary N) is 1. The van der Waals surface area contributed by atoms with E-state index in [0.717, 1.165) is 4.90 Å². The summed E-state index contributed by atoms with van der Waals surface area (Å²) in [5.74, 6) is -3.74. The first-order valence-corrected chi connectivity index (χ1v) is 10.2. The number of nitrogens with zero attached hydrogens (tertiary/aromatic N) is 2. The van der Waals surface area contributed by atoms with Crippen LogP contribution in [0.4, 0.5) is 10.5 Å². The van der Waals surface area contributed by atoms with E-state index >= 15 is 0 Å². The van der Waals surface area contributed by atoms with Crippen LogP contribution >= 0.6 is 0 Å². The number of hydrogen-bond donors (Lipinski definition) is 2. The molecule has 8 heteroatoms. The second kappa shape index (κ2) is 7.86. The van der Waals surface area contributed by atoms with E-state index in [9.17, 15) is 19.2 Å². The zero-order chi connectivity index (χ0) is 22.3. The van der Waals surface area contributed by atoms with Gasteiger partial charge in [0.05, 0.1) is 23.6 Å². The number of carbonyl (C=O) groups excluding carboxylic acids is 4. The van der Waals surface area contributed by atoms with Crippen molar-refractivity contribution in [3.05, 3.63) is 66.2 Å². The molecule has 0 spiro atoms. The lowest BCUT2D eigenvalue weighted by atomic mass is 9.86. The number of amides is 5. The molecule has 2 fully saturated rings. The second-order valence-electron chi connectivity index (χ2n) is 8.11. The van der Waals surface area contributed by atoms with Gasteiger partial charge < -0.3 is 16.0 Å². The van der Waals surface area contributed by atoms with E-state index in [4.69, 9.17) is 5.73 Å². The summed E-state index contributed by atoms with van der Waals surface area (Å²) < 4.78 is 0. The van der Waals surface area contributed by atoms with Crippen LogP contribution in [0.25, 0.3) is 0 Å². The molecule has 31 heavy (non-hydrogen) atoms. The SMILES string of the molecule is CC(C)NC(=O)N1C(C(N)=O)C2C(=O)N(c3ccccc3)C(=O)C2C1c1ccccc1. The van der Waals surface area contributed by atoms with Crippen LogP contribution in [0.1, 0.15) is 25.5 Å². The lowest BCUT2D eigenvalue weighted by molar-refractivity contribution is -0.129. The molecule has 5 amide bonds. The first kappa shape index (κ1) is 20.6. The Morgan fingerprint density at radius 2 is 1.45 bits per heavy atom. The van der Waals surface area contributed by atoms with Crippen LogP contribution in [0.5, 0.6) is 0 Å². The Labute approximate surface area is 180 Å². The van der Waals surface area contributed by atoms with Crippen molar-refractivity contribution in [2.75, 3.05) is 4.90 Å². The molecule has 4 unspecified atom stereocenters. The van der Waals surface area contributed by atoms with E-state index in [1.807, 2.05) is 6.07 Å². The minimum atomic E-state index is -1.24. The monoisotopic (exact) mass is 420 g/mol. The Kier molecular flexibility index (Phi) is 5.22. The van der Waals surface area contributed by atoms with Gasteiger partial charge in [-0.3, -0.25) is 14.4 Å². The van der Waals surface area contributed by atoms with Crippen LogP contribution in [0.2, 0.25) is 0 Å². The highest BCUT2D eigenvalue weighted by atomic mass is 16.2. The largest absolute Gasteiger partial charge is 0.368 e. The molecule has 0 aromatic heterocycles. The van der Waals surface area contributed by atoms with E-state index in [1.165, 1.54) is 4.90 Å².